The number of carbonyl (C=O) groups excluding carboxylic acids is 2. The van der Waals surface area contributed by atoms with Crippen LogP contribution >= 0.6 is 22.9 Å². The zero-order valence-electron chi connectivity index (χ0n) is 15.0. The molecule has 138 valence electrons. The van der Waals surface area contributed by atoms with E-state index in [0.717, 1.165) is 16.0 Å². The minimum absolute atomic E-state index is 0.431. The standard InChI is InChI=1S/C19H20ClNO4S/c1-11-7-8-26-17(11)5-6-18(22)25-13(3)19(23)21-15-9-12(2)14(20)10-16(15)24-4/h5-10,13H,1-4H3,(H,21,23)/b6-5+/t13-/m1/s1. The van der Waals surface area contributed by atoms with E-state index in [4.69, 9.17) is 21.1 Å². The Kier molecular flexibility index (Phi) is 6.83. The molecule has 1 aromatic heterocycles. The monoisotopic (exact) mass is 393 g/mol. The molecule has 5 nitrogen and oxygen atoms in total. The fourth-order valence-corrected chi connectivity index (χ4v) is 3.10. The Labute approximate surface area is 161 Å². The van der Waals surface area contributed by atoms with Crippen LogP contribution < -0.4 is 10.1 Å². The maximum absolute atomic E-state index is 12.3. The van der Waals surface area contributed by atoms with E-state index in [-0.39, 0.29) is 0 Å². The number of anilines is 1. The molecule has 0 radical (unpaired) electrons. The van der Waals surface area contributed by atoms with Crippen LogP contribution in [-0.2, 0) is 14.3 Å². The minimum atomic E-state index is -0.961. The smallest absolute Gasteiger partial charge is 0.331 e. The molecule has 0 saturated carbocycles. The molecule has 7 heteroatoms. The first-order chi connectivity index (χ1) is 12.3. The molecule has 1 amide bonds. The number of nitrogens with one attached hydrogen (secondary N) is 1. The summed E-state index contributed by atoms with van der Waals surface area (Å²) in [7, 11) is 1.48. The van der Waals surface area contributed by atoms with E-state index >= 15 is 0 Å². The second kappa shape index (κ2) is 8.87. The summed E-state index contributed by atoms with van der Waals surface area (Å²) >= 11 is 7.58. The van der Waals surface area contributed by atoms with E-state index in [2.05, 4.69) is 5.32 Å². The Balaban J connectivity index is 1.99. The number of carbonyl (C=O) groups is 2. The number of ether oxygens (including phenoxy) is 2. The third-order valence-corrected chi connectivity index (χ3v) is 5.06. The first-order valence-corrected chi connectivity index (χ1v) is 9.15. The molecule has 0 bridgehead atoms. The van der Waals surface area contributed by atoms with Crippen LogP contribution in [0.3, 0.4) is 0 Å². The van der Waals surface area contributed by atoms with Crippen molar-refractivity contribution in [3.05, 3.63) is 50.7 Å². The van der Waals surface area contributed by atoms with Crippen molar-refractivity contribution < 1.29 is 19.1 Å². The highest BCUT2D eigenvalue weighted by Crippen LogP contribution is 2.31. The number of methoxy groups -OCH3 is 1. The molecule has 1 N–H and O–H groups in total. The quantitative estimate of drug-likeness (QED) is 0.575. The van der Waals surface area contributed by atoms with Crippen molar-refractivity contribution in [2.75, 3.05) is 12.4 Å². The van der Waals surface area contributed by atoms with Crippen LogP contribution in [0.15, 0.2) is 29.7 Å². The molecule has 1 heterocycles. The average Bonchev–Trinajstić information content (AvgIpc) is 3.01. The third kappa shape index (κ3) is 5.09. The Hall–Kier alpha value is -2.31. The summed E-state index contributed by atoms with van der Waals surface area (Å²) in [5, 5.41) is 5.17. The lowest BCUT2D eigenvalue weighted by molar-refractivity contribution is -0.148. The maximum atomic E-state index is 12.3. The van der Waals surface area contributed by atoms with Crippen LogP contribution in [0.5, 0.6) is 5.75 Å². The summed E-state index contributed by atoms with van der Waals surface area (Å²) in [6, 6.07) is 5.29. The lowest BCUT2D eigenvalue weighted by atomic mass is 10.2. The Bertz CT molecular complexity index is 844. The fraction of sp³-hybridized carbons (Fsp3) is 0.263. The molecular weight excluding hydrogens is 374 g/mol. The number of halogens is 1. The van der Waals surface area contributed by atoms with Crippen molar-refractivity contribution in [2.45, 2.75) is 26.9 Å². The van der Waals surface area contributed by atoms with E-state index < -0.39 is 18.0 Å². The molecule has 0 aliphatic carbocycles. The largest absolute Gasteiger partial charge is 0.495 e. The van der Waals surface area contributed by atoms with Gasteiger partial charge in [-0.05, 0) is 55.5 Å². The average molecular weight is 394 g/mol. The van der Waals surface area contributed by atoms with E-state index in [0.29, 0.717) is 16.5 Å². The van der Waals surface area contributed by atoms with Crippen molar-refractivity contribution in [1.82, 2.24) is 0 Å². The Morgan fingerprint density at radius 2 is 2.00 bits per heavy atom. The van der Waals surface area contributed by atoms with Crippen LogP contribution in [0.25, 0.3) is 6.08 Å². The predicted molar refractivity (Wildman–Crippen MR) is 105 cm³/mol. The van der Waals surface area contributed by atoms with Gasteiger partial charge in [0.15, 0.2) is 6.10 Å². The summed E-state index contributed by atoms with van der Waals surface area (Å²) in [5.41, 5.74) is 2.34. The van der Waals surface area contributed by atoms with Gasteiger partial charge in [0.1, 0.15) is 5.75 Å². The molecule has 0 aliphatic heterocycles. The molecule has 1 atom stereocenters. The zero-order valence-corrected chi connectivity index (χ0v) is 16.5. The molecule has 1 aromatic carbocycles. The van der Waals surface area contributed by atoms with E-state index in [1.54, 1.807) is 18.2 Å². The van der Waals surface area contributed by atoms with Gasteiger partial charge in [-0.3, -0.25) is 4.79 Å². The fourth-order valence-electron chi connectivity index (χ4n) is 2.13. The molecule has 0 aliphatic rings. The number of aryl methyl sites for hydroxylation is 2. The number of amides is 1. The van der Waals surface area contributed by atoms with Gasteiger partial charge in [0.2, 0.25) is 0 Å². The second-order valence-corrected chi connectivity index (χ2v) is 7.03. The van der Waals surface area contributed by atoms with Crippen molar-refractivity contribution in [3.8, 4) is 5.75 Å². The highest BCUT2D eigenvalue weighted by molar-refractivity contribution is 7.11. The number of hydrogen-bond donors (Lipinski definition) is 1. The lowest BCUT2D eigenvalue weighted by Crippen LogP contribution is -2.29. The minimum Gasteiger partial charge on any atom is -0.495 e. The van der Waals surface area contributed by atoms with Gasteiger partial charge in [-0.2, -0.15) is 0 Å². The van der Waals surface area contributed by atoms with Crippen molar-refractivity contribution >= 4 is 46.6 Å². The normalized spacial score (nSPS) is 12.0. The number of benzene rings is 1. The van der Waals surface area contributed by atoms with Gasteiger partial charge >= 0.3 is 5.97 Å². The summed E-state index contributed by atoms with van der Waals surface area (Å²) in [4.78, 5) is 25.2. The van der Waals surface area contributed by atoms with Crippen molar-refractivity contribution in [1.29, 1.82) is 0 Å². The van der Waals surface area contributed by atoms with E-state index in [1.165, 1.54) is 31.4 Å². The van der Waals surface area contributed by atoms with Crippen LogP contribution in [0.4, 0.5) is 5.69 Å². The van der Waals surface area contributed by atoms with Gasteiger partial charge < -0.3 is 14.8 Å². The van der Waals surface area contributed by atoms with Crippen LogP contribution in [0.2, 0.25) is 5.02 Å². The molecule has 2 rings (SSSR count). The van der Waals surface area contributed by atoms with Gasteiger partial charge in [0.05, 0.1) is 12.8 Å². The van der Waals surface area contributed by atoms with E-state index in [1.807, 2.05) is 25.3 Å². The topological polar surface area (TPSA) is 64.6 Å². The van der Waals surface area contributed by atoms with Gasteiger partial charge in [-0.25, -0.2) is 4.79 Å². The molecule has 26 heavy (non-hydrogen) atoms. The number of thiophene rings is 1. The molecule has 0 saturated heterocycles. The summed E-state index contributed by atoms with van der Waals surface area (Å²) in [5.74, 6) is -0.612. The van der Waals surface area contributed by atoms with Gasteiger partial charge in [0, 0.05) is 22.0 Å². The maximum Gasteiger partial charge on any atom is 0.331 e. The van der Waals surface area contributed by atoms with Gasteiger partial charge in [0.25, 0.3) is 5.91 Å². The first kappa shape index (κ1) is 20.0. The molecular formula is C19H20ClNO4S. The Morgan fingerprint density at radius 1 is 1.27 bits per heavy atom. The number of rotatable bonds is 6. The molecule has 0 spiro atoms. The summed E-state index contributed by atoms with van der Waals surface area (Å²) in [6.45, 7) is 5.28. The van der Waals surface area contributed by atoms with Crippen LogP contribution in [-0.4, -0.2) is 25.1 Å². The van der Waals surface area contributed by atoms with Crippen molar-refractivity contribution in [2.24, 2.45) is 0 Å². The first-order valence-electron chi connectivity index (χ1n) is 7.89. The second-order valence-electron chi connectivity index (χ2n) is 5.67. The zero-order chi connectivity index (χ0) is 19.3. The number of esters is 1. The number of hydrogen-bond acceptors (Lipinski definition) is 5. The van der Waals surface area contributed by atoms with Crippen molar-refractivity contribution in [3.63, 3.8) is 0 Å². The summed E-state index contributed by atoms with van der Waals surface area (Å²) in [6.07, 6.45) is 2.03. The molecule has 0 unspecified atom stereocenters. The predicted octanol–water partition coefficient (Wildman–Crippen LogP) is 4.61. The highest BCUT2D eigenvalue weighted by atomic mass is 35.5. The molecule has 2 aromatic rings. The summed E-state index contributed by atoms with van der Waals surface area (Å²) < 4.78 is 10.4. The third-order valence-electron chi connectivity index (χ3n) is 3.67. The van der Waals surface area contributed by atoms with Gasteiger partial charge in [-0.1, -0.05) is 11.6 Å². The SMILES string of the molecule is COc1cc(Cl)c(C)cc1NC(=O)[C@@H](C)OC(=O)/C=C/c1sccc1C. The van der Waals surface area contributed by atoms with Gasteiger partial charge in [-0.15, -0.1) is 11.3 Å². The lowest BCUT2D eigenvalue weighted by Gasteiger charge is -2.15. The highest BCUT2D eigenvalue weighted by Gasteiger charge is 2.19. The van der Waals surface area contributed by atoms with Crippen LogP contribution in [0.1, 0.15) is 22.9 Å². The Morgan fingerprint density at radius 3 is 2.62 bits per heavy atom. The molecule has 0 fully saturated rings. The van der Waals surface area contributed by atoms with E-state index in [9.17, 15) is 9.59 Å². The van der Waals surface area contributed by atoms with Crippen LogP contribution in [0, 0.1) is 13.8 Å².